The minimum atomic E-state index is -1.00. The van der Waals surface area contributed by atoms with Crippen molar-refractivity contribution in [2.24, 2.45) is 17.2 Å². The summed E-state index contributed by atoms with van der Waals surface area (Å²) in [6.07, 6.45) is 22.6. The molecule has 0 aliphatic rings. The molecule has 43 heavy (non-hydrogen) atoms. The predicted octanol–water partition coefficient (Wildman–Crippen LogP) is 3.56. The van der Waals surface area contributed by atoms with Gasteiger partial charge in [-0.3, -0.25) is 19.2 Å². The molecule has 1 rings (SSSR count). The van der Waals surface area contributed by atoms with Gasteiger partial charge in [-0.1, -0.05) is 90.4 Å². The van der Waals surface area contributed by atoms with Gasteiger partial charge in [-0.15, -0.1) is 0 Å². The van der Waals surface area contributed by atoms with E-state index in [1.54, 1.807) is 6.20 Å². The van der Waals surface area contributed by atoms with Gasteiger partial charge in [0, 0.05) is 24.7 Å². The van der Waals surface area contributed by atoms with Gasteiger partial charge in [0.1, 0.15) is 18.6 Å². The van der Waals surface area contributed by atoms with E-state index in [1.807, 2.05) is 0 Å². The van der Waals surface area contributed by atoms with Crippen molar-refractivity contribution in [1.82, 2.24) is 15.3 Å². The van der Waals surface area contributed by atoms with Gasteiger partial charge in [-0.2, -0.15) is 0 Å². The molecule has 11 N–H and O–H groups in total. The molecule has 0 aliphatic carbocycles. The number of hydrogen-bond acceptors (Lipinski definition) is 8. The fraction of sp³-hybridized carbons (Fsp3) is 0.767. The summed E-state index contributed by atoms with van der Waals surface area (Å²) in [5, 5.41) is 27.6. The number of carboxylic acid groups (broad SMARTS) is 3. The van der Waals surface area contributed by atoms with E-state index in [9.17, 15) is 19.2 Å². The quantitative estimate of drug-likeness (QED) is 0.0782. The Kier molecular flexibility index (Phi) is 29.8. The first-order chi connectivity index (χ1) is 20.5. The minimum absolute atomic E-state index is 0.148. The monoisotopic (exact) mass is 614 g/mol. The first-order valence-electron chi connectivity index (χ1n) is 15.7. The molecule has 1 heterocycles. The molecule has 0 radical (unpaired) electrons. The third kappa shape index (κ3) is 31.7. The minimum Gasteiger partial charge on any atom is -0.480 e. The van der Waals surface area contributed by atoms with Gasteiger partial charge < -0.3 is 42.8 Å². The van der Waals surface area contributed by atoms with Crippen molar-refractivity contribution in [3.63, 3.8) is 0 Å². The zero-order valence-corrected chi connectivity index (χ0v) is 26.1. The molecule has 0 aliphatic heterocycles. The van der Waals surface area contributed by atoms with E-state index in [4.69, 9.17) is 32.5 Å². The van der Waals surface area contributed by atoms with Gasteiger partial charge in [0.25, 0.3) is 0 Å². The van der Waals surface area contributed by atoms with Gasteiger partial charge >= 0.3 is 17.9 Å². The smallest absolute Gasteiger partial charge is 0.322 e. The fourth-order valence-electron chi connectivity index (χ4n) is 3.92. The van der Waals surface area contributed by atoms with Crippen LogP contribution in [0.25, 0.3) is 0 Å². The summed E-state index contributed by atoms with van der Waals surface area (Å²) in [4.78, 5) is 48.5. The highest BCUT2D eigenvalue weighted by molar-refractivity contribution is 5.81. The number of rotatable bonds is 24. The van der Waals surface area contributed by atoms with Crippen LogP contribution in [-0.4, -0.2) is 74.3 Å². The van der Waals surface area contributed by atoms with E-state index in [0.717, 1.165) is 31.4 Å². The highest BCUT2D eigenvalue weighted by atomic mass is 16.4. The largest absolute Gasteiger partial charge is 0.480 e. The Morgan fingerprint density at radius 3 is 1.72 bits per heavy atom. The molecule has 2 atom stereocenters. The average Bonchev–Trinajstić information content (AvgIpc) is 3.48. The van der Waals surface area contributed by atoms with Crippen molar-refractivity contribution < 1.29 is 34.5 Å². The maximum atomic E-state index is 11.3. The number of carbonyl (C=O) groups excluding carboxylic acids is 1. The van der Waals surface area contributed by atoms with Crippen LogP contribution in [-0.2, 0) is 25.6 Å². The maximum Gasteiger partial charge on any atom is 0.322 e. The summed E-state index contributed by atoms with van der Waals surface area (Å²) in [5.74, 6) is -3.07. The van der Waals surface area contributed by atoms with E-state index in [0.29, 0.717) is 19.4 Å². The van der Waals surface area contributed by atoms with Crippen LogP contribution in [0, 0.1) is 0 Å². The van der Waals surface area contributed by atoms with Crippen molar-refractivity contribution in [1.29, 1.82) is 0 Å². The molecule has 0 spiro atoms. The van der Waals surface area contributed by atoms with Gasteiger partial charge in [-0.25, -0.2) is 4.98 Å². The summed E-state index contributed by atoms with van der Waals surface area (Å²) >= 11 is 0. The average molecular weight is 615 g/mol. The van der Waals surface area contributed by atoms with E-state index in [1.165, 1.54) is 77.0 Å². The number of unbranched alkanes of at least 4 members (excludes halogenated alkanes) is 13. The number of hydrogen-bond donors (Lipinski definition) is 8. The molecule has 1 amide bonds. The molecule has 250 valence electrons. The van der Waals surface area contributed by atoms with Crippen LogP contribution in [0.2, 0.25) is 0 Å². The Morgan fingerprint density at radius 1 is 0.791 bits per heavy atom. The number of amides is 1. The summed E-state index contributed by atoms with van der Waals surface area (Å²) in [5.41, 5.74) is 16.4. The van der Waals surface area contributed by atoms with Crippen molar-refractivity contribution in [3.8, 4) is 0 Å². The Hall–Kier alpha value is -3.03. The number of nitrogens with zero attached hydrogens (tertiary/aromatic N) is 1. The van der Waals surface area contributed by atoms with Crippen molar-refractivity contribution in [2.45, 2.75) is 135 Å². The number of aromatic nitrogens is 2. The van der Waals surface area contributed by atoms with Crippen LogP contribution in [0.3, 0.4) is 0 Å². The SMILES string of the molecule is CCCCCCCCCCCCCCCC(=O)NCC(=O)O.NCCCC[C@H](N)C(=O)O.N[C@@H](Cc1cnc[nH]1)C(=O)O. The number of carboxylic acids is 3. The van der Waals surface area contributed by atoms with E-state index >= 15 is 0 Å². The lowest BCUT2D eigenvalue weighted by Crippen LogP contribution is -2.32. The van der Waals surface area contributed by atoms with Gasteiger partial charge in [0.2, 0.25) is 5.91 Å². The number of nitrogens with one attached hydrogen (secondary N) is 2. The van der Waals surface area contributed by atoms with Crippen LogP contribution in [0.15, 0.2) is 12.5 Å². The van der Waals surface area contributed by atoms with Crippen LogP contribution in [0.4, 0.5) is 0 Å². The second kappa shape index (κ2) is 30.4. The fourth-order valence-corrected chi connectivity index (χ4v) is 3.92. The van der Waals surface area contributed by atoms with Crippen LogP contribution in [0.5, 0.6) is 0 Å². The third-order valence-corrected chi connectivity index (χ3v) is 6.54. The topological polar surface area (TPSA) is 248 Å². The van der Waals surface area contributed by atoms with E-state index in [-0.39, 0.29) is 18.9 Å². The zero-order valence-electron chi connectivity index (χ0n) is 26.1. The molecule has 13 heteroatoms. The Morgan fingerprint density at radius 2 is 1.30 bits per heavy atom. The normalized spacial score (nSPS) is 11.7. The van der Waals surface area contributed by atoms with E-state index < -0.39 is 30.0 Å². The van der Waals surface area contributed by atoms with Gasteiger partial charge in [0.05, 0.1) is 6.33 Å². The third-order valence-electron chi connectivity index (χ3n) is 6.54. The zero-order chi connectivity index (χ0) is 32.7. The number of nitrogens with two attached hydrogens (primary N) is 3. The first kappa shape index (κ1) is 42.1. The molecule has 13 nitrogen and oxygen atoms in total. The van der Waals surface area contributed by atoms with E-state index in [2.05, 4.69) is 22.2 Å². The Bertz CT molecular complexity index is 824. The van der Waals surface area contributed by atoms with Crippen LogP contribution >= 0.6 is 0 Å². The molecule has 1 aromatic rings. The van der Waals surface area contributed by atoms with Crippen LogP contribution in [0.1, 0.15) is 122 Å². The number of carbonyl (C=O) groups is 4. The van der Waals surface area contributed by atoms with Crippen molar-refractivity contribution >= 4 is 23.8 Å². The number of H-pyrrole nitrogens is 1. The highest BCUT2D eigenvalue weighted by Crippen LogP contribution is 2.12. The molecular weight excluding hydrogens is 556 g/mol. The molecule has 0 fully saturated rings. The molecule has 1 aromatic heterocycles. The molecule has 0 saturated heterocycles. The first-order valence-corrected chi connectivity index (χ1v) is 15.7. The molecule has 0 aromatic carbocycles. The number of aliphatic carboxylic acids is 3. The Labute approximate surface area is 256 Å². The molecule has 0 unspecified atom stereocenters. The highest BCUT2D eigenvalue weighted by Gasteiger charge is 2.12. The summed E-state index contributed by atoms with van der Waals surface area (Å²) in [7, 11) is 0. The van der Waals surface area contributed by atoms with Gasteiger partial charge in [-0.05, 0) is 25.8 Å². The molecular formula is C30H58N6O7. The lowest BCUT2D eigenvalue weighted by molar-refractivity contribution is -0.139. The Balaban J connectivity index is 0. The van der Waals surface area contributed by atoms with Crippen molar-refractivity contribution in [3.05, 3.63) is 18.2 Å². The van der Waals surface area contributed by atoms with Crippen LogP contribution < -0.4 is 22.5 Å². The second-order valence-electron chi connectivity index (χ2n) is 10.6. The lowest BCUT2D eigenvalue weighted by Gasteiger charge is -2.04. The number of aromatic amines is 1. The number of imidazole rings is 1. The predicted molar refractivity (Wildman–Crippen MR) is 167 cm³/mol. The standard InChI is InChI=1S/C18H35NO3.C6H9N3O2.C6H14N2O2/c1-2-3-4-5-6-7-8-9-10-11-12-13-14-15-17(20)19-16-18(21)22;7-5(6(10)11)1-4-2-8-3-9-4;7-4-2-1-3-5(8)6(9)10/h2-16H2,1H3,(H,19,20)(H,21,22);2-3,5H,1,7H2,(H,8,9)(H,10,11);5H,1-4,7-8H2,(H,9,10)/t;2*5-/m.00/s1. The molecule has 0 bridgehead atoms. The van der Waals surface area contributed by atoms with Gasteiger partial charge in [0.15, 0.2) is 0 Å². The maximum absolute atomic E-state index is 11.3. The summed E-state index contributed by atoms with van der Waals surface area (Å²) < 4.78 is 0. The lowest BCUT2D eigenvalue weighted by atomic mass is 10.0. The van der Waals surface area contributed by atoms with Crippen molar-refractivity contribution in [2.75, 3.05) is 13.1 Å². The summed E-state index contributed by atoms with van der Waals surface area (Å²) in [6, 6.07) is -1.57. The summed E-state index contributed by atoms with van der Waals surface area (Å²) in [6.45, 7) is 2.59. The molecule has 0 saturated carbocycles. The second-order valence-corrected chi connectivity index (χ2v) is 10.6.